The highest BCUT2D eigenvalue weighted by molar-refractivity contribution is 7.99. The second-order valence-electron chi connectivity index (χ2n) is 7.73. The fourth-order valence-corrected chi connectivity index (χ4v) is 4.66. The van der Waals surface area contributed by atoms with Crippen molar-refractivity contribution in [2.24, 2.45) is 0 Å². The van der Waals surface area contributed by atoms with Crippen LogP contribution in [0.5, 0.6) is 0 Å². The third-order valence-electron chi connectivity index (χ3n) is 5.25. The lowest BCUT2D eigenvalue weighted by Gasteiger charge is -2.36. The SMILES string of the molecule is CC(C)c1nnc(SCC(=O)N2CCN(c3cccc(Cl)c3)CC2)n1C1CC1. The van der Waals surface area contributed by atoms with E-state index in [4.69, 9.17) is 11.6 Å². The number of amides is 1. The van der Waals surface area contributed by atoms with E-state index in [1.54, 1.807) is 0 Å². The molecule has 1 saturated carbocycles. The molecule has 0 unspecified atom stereocenters. The monoisotopic (exact) mass is 419 g/mol. The number of aromatic nitrogens is 3. The van der Waals surface area contributed by atoms with E-state index >= 15 is 0 Å². The van der Waals surface area contributed by atoms with Crippen LogP contribution in [0.4, 0.5) is 5.69 Å². The molecule has 2 aliphatic rings. The molecule has 1 aromatic carbocycles. The van der Waals surface area contributed by atoms with Crippen LogP contribution in [0.2, 0.25) is 5.02 Å². The number of nitrogens with zero attached hydrogens (tertiary/aromatic N) is 5. The quantitative estimate of drug-likeness (QED) is 0.666. The van der Waals surface area contributed by atoms with Crippen molar-refractivity contribution >= 4 is 35.0 Å². The molecule has 1 saturated heterocycles. The van der Waals surface area contributed by atoms with E-state index < -0.39 is 0 Å². The zero-order chi connectivity index (χ0) is 19.7. The first-order chi connectivity index (χ1) is 13.5. The number of carbonyl (C=O) groups is 1. The molecule has 6 nitrogen and oxygen atoms in total. The number of anilines is 1. The van der Waals surface area contributed by atoms with Gasteiger partial charge in [0.15, 0.2) is 5.16 Å². The summed E-state index contributed by atoms with van der Waals surface area (Å²) >= 11 is 7.62. The predicted molar refractivity (Wildman–Crippen MR) is 113 cm³/mol. The van der Waals surface area contributed by atoms with Gasteiger partial charge in [0, 0.05) is 48.8 Å². The Balaban J connectivity index is 1.32. The molecule has 1 amide bonds. The number of hydrogen-bond donors (Lipinski definition) is 0. The van der Waals surface area contributed by atoms with E-state index in [-0.39, 0.29) is 5.91 Å². The first-order valence-electron chi connectivity index (χ1n) is 9.89. The highest BCUT2D eigenvalue weighted by Gasteiger charge is 2.31. The molecule has 1 aliphatic heterocycles. The van der Waals surface area contributed by atoms with Crippen molar-refractivity contribution in [2.45, 2.75) is 43.8 Å². The minimum atomic E-state index is 0.173. The first kappa shape index (κ1) is 19.6. The maximum absolute atomic E-state index is 12.7. The van der Waals surface area contributed by atoms with E-state index in [2.05, 4.69) is 39.6 Å². The third-order valence-corrected chi connectivity index (χ3v) is 6.41. The number of rotatable bonds is 6. The number of carbonyl (C=O) groups excluding carboxylic acids is 1. The smallest absolute Gasteiger partial charge is 0.233 e. The fourth-order valence-electron chi connectivity index (χ4n) is 3.56. The summed E-state index contributed by atoms with van der Waals surface area (Å²) in [6.07, 6.45) is 2.37. The van der Waals surface area contributed by atoms with Gasteiger partial charge in [-0.2, -0.15) is 0 Å². The minimum Gasteiger partial charge on any atom is -0.368 e. The Hall–Kier alpha value is -1.73. The van der Waals surface area contributed by atoms with Crippen LogP contribution in [0.15, 0.2) is 29.4 Å². The van der Waals surface area contributed by atoms with Crippen molar-refractivity contribution in [2.75, 3.05) is 36.8 Å². The molecule has 28 heavy (non-hydrogen) atoms. The van der Waals surface area contributed by atoms with E-state index in [0.717, 1.165) is 47.9 Å². The highest BCUT2D eigenvalue weighted by Crippen LogP contribution is 2.40. The second-order valence-corrected chi connectivity index (χ2v) is 9.11. The summed E-state index contributed by atoms with van der Waals surface area (Å²) in [4.78, 5) is 16.9. The van der Waals surface area contributed by atoms with Crippen LogP contribution >= 0.6 is 23.4 Å². The number of benzene rings is 1. The highest BCUT2D eigenvalue weighted by atomic mass is 35.5. The van der Waals surface area contributed by atoms with Crippen LogP contribution in [0.3, 0.4) is 0 Å². The lowest BCUT2D eigenvalue weighted by molar-refractivity contribution is -0.128. The molecule has 2 fully saturated rings. The van der Waals surface area contributed by atoms with Crippen molar-refractivity contribution < 1.29 is 4.79 Å². The maximum atomic E-state index is 12.7. The summed E-state index contributed by atoms with van der Waals surface area (Å²) in [6.45, 7) is 7.40. The number of piperazine rings is 1. The van der Waals surface area contributed by atoms with Crippen LogP contribution in [-0.4, -0.2) is 57.5 Å². The summed E-state index contributed by atoms with van der Waals surface area (Å²) < 4.78 is 2.25. The van der Waals surface area contributed by atoms with Gasteiger partial charge in [-0.15, -0.1) is 10.2 Å². The van der Waals surface area contributed by atoms with Crippen LogP contribution < -0.4 is 4.90 Å². The lowest BCUT2D eigenvalue weighted by atomic mass is 10.2. The lowest BCUT2D eigenvalue weighted by Crippen LogP contribution is -2.49. The summed E-state index contributed by atoms with van der Waals surface area (Å²) in [7, 11) is 0. The average Bonchev–Trinajstić information content (AvgIpc) is 3.44. The number of hydrogen-bond acceptors (Lipinski definition) is 5. The molecule has 150 valence electrons. The van der Waals surface area contributed by atoms with Gasteiger partial charge < -0.3 is 14.4 Å². The van der Waals surface area contributed by atoms with Crippen LogP contribution in [-0.2, 0) is 4.79 Å². The number of halogens is 1. The van der Waals surface area contributed by atoms with Gasteiger partial charge in [-0.1, -0.05) is 43.3 Å². The van der Waals surface area contributed by atoms with E-state index in [0.29, 0.717) is 17.7 Å². The van der Waals surface area contributed by atoms with Crippen LogP contribution in [0, 0.1) is 0 Å². The van der Waals surface area contributed by atoms with Gasteiger partial charge in [0.05, 0.1) is 5.75 Å². The van der Waals surface area contributed by atoms with E-state index in [1.165, 1.54) is 24.6 Å². The summed E-state index contributed by atoms with van der Waals surface area (Å²) in [5, 5.41) is 10.4. The van der Waals surface area contributed by atoms with Gasteiger partial charge in [0.2, 0.25) is 5.91 Å². The molecule has 2 heterocycles. The van der Waals surface area contributed by atoms with E-state index in [9.17, 15) is 4.79 Å². The molecule has 0 N–H and O–H groups in total. The van der Waals surface area contributed by atoms with Crippen molar-refractivity contribution in [3.63, 3.8) is 0 Å². The Morgan fingerprint density at radius 3 is 2.61 bits per heavy atom. The Bertz CT molecular complexity index is 843. The van der Waals surface area contributed by atoms with Crippen LogP contribution in [0.1, 0.15) is 44.5 Å². The summed E-state index contributed by atoms with van der Waals surface area (Å²) in [5.41, 5.74) is 1.12. The largest absolute Gasteiger partial charge is 0.368 e. The standard InChI is InChI=1S/C20H26ClN5OS/c1-14(2)19-22-23-20(26(19)16-6-7-16)28-13-18(27)25-10-8-24(9-11-25)17-5-3-4-15(21)12-17/h3-5,12,14,16H,6-11,13H2,1-2H3. The maximum Gasteiger partial charge on any atom is 0.233 e. The zero-order valence-corrected chi connectivity index (χ0v) is 17.9. The van der Waals surface area contributed by atoms with Gasteiger partial charge in [-0.3, -0.25) is 4.79 Å². The van der Waals surface area contributed by atoms with Gasteiger partial charge in [-0.05, 0) is 31.0 Å². The molecule has 0 spiro atoms. The van der Waals surface area contributed by atoms with Gasteiger partial charge >= 0.3 is 0 Å². The fraction of sp³-hybridized carbons (Fsp3) is 0.550. The van der Waals surface area contributed by atoms with Crippen molar-refractivity contribution in [1.29, 1.82) is 0 Å². The average molecular weight is 420 g/mol. The molecule has 0 bridgehead atoms. The molecule has 4 rings (SSSR count). The summed E-state index contributed by atoms with van der Waals surface area (Å²) in [5.74, 6) is 1.97. The molecule has 8 heteroatoms. The molecular formula is C20H26ClN5OS. The second kappa shape index (κ2) is 8.33. The molecule has 1 aliphatic carbocycles. The van der Waals surface area contributed by atoms with Crippen molar-refractivity contribution in [1.82, 2.24) is 19.7 Å². The molecular weight excluding hydrogens is 394 g/mol. The Kier molecular flexibility index (Phi) is 5.83. The third kappa shape index (κ3) is 4.30. The molecule has 0 radical (unpaired) electrons. The van der Waals surface area contributed by atoms with Gasteiger partial charge in [0.25, 0.3) is 0 Å². The molecule has 2 aromatic rings. The van der Waals surface area contributed by atoms with Gasteiger partial charge in [-0.25, -0.2) is 0 Å². The number of thioether (sulfide) groups is 1. The minimum absolute atomic E-state index is 0.173. The summed E-state index contributed by atoms with van der Waals surface area (Å²) in [6, 6.07) is 8.41. The first-order valence-corrected chi connectivity index (χ1v) is 11.2. The van der Waals surface area contributed by atoms with E-state index in [1.807, 2.05) is 23.1 Å². The predicted octanol–water partition coefficient (Wildman–Crippen LogP) is 3.83. The van der Waals surface area contributed by atoms with Crippen LogP contribution in [0.25, 0.3) is 0 Å². The van der Waals surface area contributed by atoms with Crippen molar-refractivity contribution in [3.8, 4) is 0 Å². The van der Waals surface area contributed by atoms with Gasteiger partial charge in [0.1, 0.15) is 5.82 Å². The topological polar surface area (TPSA) is 54.3 Å². The Morgan fingerprint density at radius 1 is 1.21 bits per heavy atom. The Labute approximate surface area is 175 Å². The zero-order valence-electron chi connectivity index (χ0n) is 16.3. The van der Waals surface area contributed by atoms with Crippen molar-refractivity contribution in [3.05, 3.63) is 35.1 Å². The normalized spacial score (nSPS) is 17.4. The molecule has 0 atom stereocenters. The molecule has 1 aromatic heterocycles. The Morgan fingerprint density at radius 2 is 1.96 bits per heavy atom.